The summed E-state index contributed by atoms with van der Waals surface area (Å²) in [7, 11) is 0. The van der Waals surface area contributed by atoms with Crippen LogP contribution in [0.15, 0.2) is 22.7 Å². The van der Waals surface area contributed by atoms with Crippen molar-refractivity contribution < 1.29 is 18.0 Å². The van der Waals surface area contributed by atoms with Gasteiger partial charge in [0.25, 0.3) is 0 Å². The minimum atomic E-state index is -4.37. The summed E-state index contributed by atoms with van der Waals surface area (Å²) in [6.07, 6.45) is -4.12. The zero-order chi connectivity index (χ0) is 12.6. The normalized spacial score (nSPS) is 20.5. The van der Waals surface area contributed by atoms with E-state index in [-0.39, 0.29) is 18.2 Å². The predicted octanol–water partition coefficient (Wildman–Crippen LogP) is 3.07. The largest absolute Gasteiger partial charge is 0.416 e. The molecule has 6 heteroatoms. The van der Waals surface area contributed by atoms with Crippen LogP contribution in [0.3, 0.4) is 0 Å². The molecule has 0 saturated carbocycles. The molecule has 1 unspecified atom stereocenters. The van der Waals surface area contributed by atoms with Gasteiger partial charge in [0.05, 0.1) is 5.56 Å². The van der Waals surface area contributed by atoms with Crippen LogP contribution in [0.1, 0.15) is 23.5 Å². The van der Waals surface area contributed by atoms with Crippen molar-refractivity contribution in [3.8, 4) is 0 Å². The molecule has 2 nitrogen and oxygen atoms in total. The fraction of sp³-hybridized carbons (Fsp3) is 0.364. The Kier molecular flexibility index (Phi) is 3.16. The molecule has 1 N–H and O–H groups in total. The standard InChI is InChI=1S/C11H9BrF3NO/c12-9-2-6(7-3-10(17)16-5-7)1-8(4-9)11(13,14)15/h1-2,4,7H,3,5H2,(H,16,17). The minimum absolute atomic E-state index is 0.122. The number of benzene rings is 1. The van der Waals surface area contributed by atoms with E-state index in [0.29, 0.717) is 16.6 Å². The van der Waals surface area contributed by atoms with Gasteiger partial charge in [-0.3, -0.25) is 4.79 Å². The first-order valence-electron chi connectivity index (χ1n) is 5.00. The number of carbonyl (C=O) groups excluding carboxylic acids is 1. The summed E-state index contributed by atoms with van der Waals surface area (Å²) in [5.74, 6) is -0.301. The van der Waals surface area contributed by atoms with E-state index in [1.54, 1.807) is 6.07 Å². The second kappa shape index (κ2) is 4.33. The topological polar surface area (TPSA) is 29.1 Å². The third kappa shape index (κ3) is 2.80. The Morgan fingerprint density at radius 3 is 2.53 bits per heavy atom. The molecule has 0 spiro atoms. The molecule has 1 aliphatic rings. The molecule has 0 aliphatic carbocycles. The van der Waals surface area contributed by atoms with Crippen LogP contribution in [0.5, 0.6) is 0 Å². The van der Waals surface area contributed by atoms with Crippen molar-refractivity contribution in [1.82, 2.24) is 5.32 Å². The molecule has 1 saturated heterocycles. The molecule has 0 radical (unpaired) electrons. The number of amides is 1. The molecule has 17 heavy (non-hydrogen) atoms. The van der Waals surface area contributed by atoms with E-state index in [4.69, 9.17) is 0 Å². The molecular weight excluding hydrogens is 299 g/mol. The van der Waals surface area contributed by atoms with Gasteiger partial charge in [-0.1, -0.05) is 15.9 Å². The van der Waals surface area contributed by atoms with E-state index >= 15 is 0 Å². The van der Waals surface area contributed by atoms with Crippen molar-refractivity contribution in [3.63, 3.8) is 0 Å². The van der Waals surface area contributed by atoms with Crippen LogP contribution >= 0.6 is 15.9 Å². The van der Waals surface area contributed by atoms with E-state index in [2.05, 4.69) is 21.2 Å². The number of nitrogens with one attached hydrogen (secondary N) is 1. The lowest BCUT2D eigenvalue weighted by atomic mass is 9.96. The van der Waals surface area contributed by atoms with E-state index in [1.165, 1.54) is 0 Å². The number of rotatable bonds is 1. The van der Waals surface area contributed by atoms with Crippen molar-refractivity contribution in [2.24, 2.45) is 0 Å². The molecular formula is C11H9BrF3NO. The van der Waals surface area contributed by atoms with Crippen molar-refractivity contribution in [3.05, 3.63) is 33.8 Å². The third-order valence-electron chi connectivity index (χ3n) is 2.70. The number of hydrogen-bond donors (Lipinski definition) is 1. The van der Waals surface area contributed by atoms with Gasteiger partial charge in [0.1, 0.15) is 0 Å². The van der Waals surface area contributed by atoms with Gasteiger partial charge >= 0.3 is 6.18 Å². The van der Waals surface area contributed by atoms with Crippen LogP contribution in [-0.2, 0) is 11.0 Å². The van der Waals surface area contributed by atoms with Crippen LogP contribution in [0, 0.1) is 0 Å². The van der Waals surface area contributed by atoms with Crippen LogP contribution in [0.2, 0.25) is 0 Å². The molecule has 0 aromatic heterocycles. The molecule has 1 amide bonds. The first-order chi connectivity index (χ1) is 7.86. The van der Waals surface area contributed by atoms with Gasteiger partial charge in [-0.25, -0.2) is 0 Å². The molecule has 92 valence electrons. The average Bonchev–Trinajstić information content (AvgIpc) is 2.62. The van der Waals surface area contributed by atoms with E-state index in [9.17, 15) is 18.0 Å². The predicted molar refractivity (Wildman–Crippen MR) is 59.5 cm³/mol. The molecule has 1 heterocycles. The zero-order valence-corrected chi connectivity index (χ0v) is 10.2. The fourth-order valence-electron chi connectivity index (χ4n) is 1.85. The fourth-order valence-corrected chi connectivity index (χ4v) is 2.36. The molecule has 1 atom stereocenters. The maximum atomic E-state index is 12.6. The SMILES string of the molecule is O=C1CC(c2cc(Br)cc(C(F)(F)F)c2)CN1. The maximum absolute atomic E-state index is 12.6. The highest BCUT2D eigenvalue weighted by atomic mass is 79.9. The summed E-state index contributed by atoms with van der Waals surface area (Å²) in [5.41, 5.74) is -0.161. The van der Waals surface area contributed by atoms with Gasteiger partial charge < -0.3 is 5.32 Å². The number of carbonyl (C=O) groups is 1. The van der Waals surface area contributed by atoms with Gasteiger partial charge in [-0.2, -0.15) is 13.2 Å². The quantitative estimate of drug-likeness (QED) is 0.849. The van der Waals surface area contributed by atoms with Crippen molar-refractivity contribution >= 4 is 21.8 Å². The molecule has 1 aromatic rings. The summed E-state index contributed by atoms with van der Waals surface area (Å²) in [4.78, 5) is 11.0. The Balaban J connectivity index is 2.35. The van der Waals surface area contributed by atoms with Gasteiger partial charge in [0, 0.05) is 23.4 Å². The number of hydrogen-bond acceptors (Lipinski definition) is 1. The highest BCUT2D eigenvalue weighted by Gasteiger charge is 2.32. The van der Waals surface area contributed by atoms with Crippen molar-refractivity contribution in [2.45, 2.75) is 18.5 Å². The lowest BCUT2D eigenvalue weighted by Gasteiger charge is -2.13. The molecule has 1 aliphatic heterocycles. The van der Waals surface area contributed by atoms with E-state index in [0.717, 1.165) is 12.1 Å². The van der Waals surface area contributed by atoms with Crippen LogP contribution < -0.4 is 5.32 Å². The summed E-state index contributed by atoms with van der Waals surface area (Å²) in [6.45, 7) is 0.395. The molecule has 1 aromatic carbocycles. The summed E-state index contributed by atoms with van der Waals surface area (Å²) in [5, 5.41) is 2.61. The highest BCUT2D eigenvalue weighted by molar-refractivity contribution is 9.10. The van der Waals surface area contributed by atoms with Crippen molar-refractivity contribution in [2.75, 3.05) is 6.54 Å². The Morgan fingerprint density at radius 1 is 1.29 bits per heavy atom. The van der Waals surface area contributed by atoms with Crippen LogP contribution in [0.4, 0.5) is 13.2 Å². The van der Waals surface area contributed by atoms with Crippen LogP contribution in [0.25, 0.3) is 0 Å². The average molecular weight is 308 g/mol. The second-order valence-electron chi connectivity index (χ2n) is 3.98. The van der Waals surface area contributed by atoms with Gasteiger partial charge in [0.15, 0.2) is 0 Å². The monoisotopic (exact) mass is 307 g/mol. The Hall–Kier alpha value is -1.04. The number of alkyl halides is 3. The molecule has 0 bridgehead atoms. The van der Waals surface area contributed by atoms with Gasteiger partial charge in [-0.05, 0) is 23.8 Å². The summed E-state index contributed by atoms with van der Waals surface area (Å²) >= 11 is 3.06. The first-order valence-corrected chi connectivity index (χ1v) is 5.80. The maximum Gasteiger partial charge on any atom is 0.416 e. The molecule has 2 rings (SSSR count). The lowest BCUT2D eigenvalue weighted by molar-refractivity contribution is -0.137. The Labute approximate surface area is 104 Å². The molecule has 1 fully saturated rings. The third-order valence-corrected chi connectivity index (χ3v) is 3.15. The zero-order valence-electron chi connectivity index (χ0n) is 8.64. The van der Waals surface area contributed by atoms with E-state index in [1.807, 2.05) is 0 Å². The Bertz CT molecular complexity index is 459. The van der Waals surface area contributed by atoms with Gasteiger partial charge in [-0.15, -0.1) is 0 Å². The summed E-state index contributed by atoms with van der Waals surface area (Å²) in [6, 6.07) is 3.77. The Morgan fingerprint density at radius 2 is 2.00 bits per heavy atom. The minimum Gasteiger partial charge on any atom is -0.355 e. The van der Waals surface area contributed by atoms with Gasteiger partial charge in [0.2, 0.25) is 5.91 Å². The van der Waals surface area contributed by atoms with E-state index < -0.39 is 11.7 Å². The lowest BCUT2D eigenvalue weighted by Crippen LogP contribution is -2.13. The second-order valence-corrected chi connectivity index (χ2v) is 4.89. The van der Waals surface area contributed by atoms with Crippen LogP contribution in [-0.4, -0.2) is 12.5 Å². The summed E-state index contributed by atoms with van der Waals surface area (Å²) < 4.78 is 38.2. The highest BCUT2D eigenvalue weighted by Crippen LogP contribution is 2.35. The van der Waals surface area contributed by atoms with Crippen molar-refractivity contribution in [1.29, 1.82) is 0 Å². The smallest absolute Gasteiger partial charge is 0.355 e. The first kappa shape index (κ1) is 12.4. The number of halogens is 4.